The molecule has 41 heavy (non-hydrogen) atoms. The Labute approximate surface area is 241 Å². The number of rotatable bonds is 7. The molecule has 2 aromatic carbocycles. The van der Waals surface area contributed by atoms with Gasteiger partial charge in [0.25, 0.3) is 0 Å². The molecule has 0 fully saturated rings. The molecule has 3 aromatic rings. The number of urea groups is 1. The van der Waals surface area contributed by atoms with E-state index in [-0.39, 0.29) is 17.5 Å². The lowest BCUT2D eigenvalue weighted by atomic mass is 9.85. The quantitative estimate of drug-likeness (QED) is 0.261. The zero-order valence-corrected chi connectivity index (χ0v) is 25.6. The summed E-state index contributed by atoms with van der Waals surface area (Å²) in [4.78, 5) is 45.1. The summed E-state index contributed by atoms with van der Waals surface area (Å²) in [5.41, 5.74) is 4.44. The van der Waals surface area contributed by atoms with Crippen molar-refractivity contribution in [2.45, 2.75) is 65.8 Å². The third-order valence-electron chi connectivity index (χ3n) is 7.12. The molecule has 0 unspecified atom stereocenters. The van der Waals surface area contributed by atoms with Crippen LogP contribution < -0.4 is 10.6 Å². The van der Waals surface area contributed by atoms with Gasteiger partial charge in [0.2, 0.25) is 0 Å². The number of benzene rings is 2. The highest BCUT2D eigenvalue weighted by Gasteiger charge is 2.26. The van der Waals surface area contributed by atoms with Gasteiger partial charge in [0.15, 0.2) is 6.35 Å². The van der Waals surface area contributed by atoms with E-state index in [0.29, 0.717) is 16.6 Å². The molecule has 1 aliphatic carbocycles. The molecule has 2 amide bonds. The van der Waals surface area contributed by atoms with Gasteiger partial charge in [-0.3, -0.25) is 4.57 Å². The summed E-state index contributed by atoms with van der Waals surface area (Å²) in [5, 5.41) is 10.2. The molecular formula is C29H42N5O6P. The van der Waals surface area contributed by atoms with Gasteiger partial charge in [0.05, 0.1) is 23.4 Å². The van der Waals surface area contributed by atoms with Crippen LogP contribution in [0.25, 0.3) is 10.9 Å². The van der Waals surface area contributed by atoms with Crippen LogP contribution in [0.2, 0.25) is 0 Å². The number of fused-ring (bicyclic) bond motifs is 2. The van der Waals surface area contributed by atoms with Crippen LogP contribution in [0, 0.1) is 0 Å². The number of ether oxygens (including phenoxy) is 1. The van der Waals surface area contributed by atoms with Crippen LogP contribution in [0.5, 0.6) is 0 Å². The molecule has 0 aliphatic heterocycles. The number of anilines is 1. The van der Waals surface area contributed by atoms with E-state index in [2.05, 4.69) is 85.1 Å². The highest BCUT2D eigenvalue weighted by molar-refractivity contribution is 7.51. The first-order chi connectivity index (χ1) is 19.3. The van der Waals surface area contributed by atoms with Crippen molar-refractivity contribution < 1.29 is 28.7 Å². The molecule has 0 radical (unpaired) electrons. The van der Waals surface area contributed by atoms with E-state index in [1.165, 1.54) is 37.0 Å². The Morgan fingerprint density at radius 3 is 2.39 bits per heavy atom. The van der Waals surface area contributed by atoms with E-state index < -0.39 is 20.0 Å². The summed E-state index contributed by atoms with van der Waals surface area (Å²) >= 11 is 0. The molecule has 1 heterocycles. The number of carbonyl (C=O) groups is 2. The summed E-state index contributed by atoms with van der Waals surface area (Å²) in [5.74, 6) is 0. The third-order valence-corrected chi connectivity index (χ3v) is 7.59. The zero-order chi connectivity index (χ0) is 30.4. The first kappa shape index (κ1) is 32.3. The topological polar surface area (TPSA) is 146 Å². The fourth-order valence-electron chi connectivity index (χ4n) is 4.73. The van der Waals surface area contributed by atoms with E-state index in [1.54, 1.807) is 18.2 Å². The highest BCUT2D eigenvalue weighted by atomic mass is 31.2. The van der Waals surface area contributed by atoms with Gasteiger partial charge >= 0.3 is 19.7 Å². The lowest BCUT2D eigenvalue weighted by molar-refractivity contribution is 0.155. The maximum absolute atomic E-state index is 12.8. The van der Waals surface area contributed by atoms with Gasteiger partial charge in [-0.05, 0) is 66.7 Å². The van der Waals surface area contributed by atoms with Gasteiger partial charge in [-0.15, -0.1) is 0 Å². The van der Waals surface area contributed by atoms with Crippen LogP contribution in [0.3, 0.4) is 0 Å². The smallest absolute Gasteiger partial charge is 0.435 e. The minimum Gasteiger partial charge on any atom is -0.435 e. The molecule has 0 spiro atoms. The van der Waals surface area contributed by atoms with Crippen LogP contribution in [-0.2, 0) is 21.1 Å². The van der Waals surface area contributed by atoms with Gasteiger partial charge in [-0.2, -0.15) is 9.78 Å². The molecule has 12 heteroatoms. The van der Waals surface area contributed by atoms with E-state index in [0.717, 1.165) is 23.1 Å². The van der Waals surface area contributed by atoms with Gasteiger partial charge in [0.1, 0.15) is 0 Å². The molecule has 11 nitrogen and oxygen atoms in total. The molecule has 1 atom stereocenters. The number of carbonyl (C=O) groups excluding carboxylic acids is 2. The lowest BCUT2D eigenvalue weighted by Crippen LogP contribution is -2.31. The maximum atomic E-state index is 12.8. The Morgan fingerprint density at radius 1 is 1.12 bits per heavy atom. The van der Waals surface area contributed by atoms with E-state index >= 15 is 0 Å². The molecular weight excluding hydrogens is 545 g/mol. The van der Waals surface area contributed by atoms with Crippen LogP contribution in [0.4, 0.5) is 15.3 Å². The molecule has 0 bridgehead atoms. The highest BCUT2D eigenvalue weighted by Crippen LogP contribution is 2.35. The summed E-state index contributed by atoms with van der Waals surface area (Å²) in [6.07, 6.45) is 1.00. The number of aromatic nitrogens is 2. The van der Waals surface area contributed by atoms with Crippen LogP contribution >= 0.6 is 7.60 Å². The lowest BCUT2D eigenvalue weighted by Gasteiger charge is -2.21. The third kappa shape index (κ3) is 8.63. The first-order valence-electron chi connectivity index (χ1n) is 13.9. The van der Waals surface area contributed by atoms with Crippen molar-refractivity contribution in [3.05, 3.63) is 59.3 Å². The van der Waals surface area contributed by atoms with Crippen LogP contribution in [-0.4, -0.2) is 62.6 Å². The predicted molar refractivity (Wildman–Crippen MR) is 160 cm³/mol. The Hall–Kier alpha value is -3.24. The molecule has 224 valence electrons. The van der Waals surface area contributed by atoms with Crippen molar-refractivity contribution in [3.8, 4) is 0 Å². The van der Waals surface area contributed by atoms with Gasteiger partial charge in [-0.1, -0.05) is 65.8 Å². The number of hydrogen-bond donors (Lipinski definition) is 4. The first-order valence-corrected chi connectivity index (χ1v) is 15.7. The van der Waals surface area contributed by atoms with Crippen molar-refractivity contribution in [3.63, 3.8) is 0 Å². The van der Waals surface area contributed by atoms with Crippen molar-refractivity contribution in [1.29, 1.82) is 0 Å². The van der Waals surface area contributed by atoms with E-state index in [9.17, 15) is 14.2 Å². The Kier molecular flexibility index (Phi) is 10.7. The van der Waals surface area contributed by atoms with Gasteiger partial charge in [-0.25, -0.2) is 9.59 Å². The molecule has 1 aromatic heterocycles. The van der Waals surface area contributed by atoms with Crippen molar-refractivity contribution in [2.75, 3.05) is 31.3 Å². The van der Waals surface area contributed by atoms with Crippen molar-refractivity contribution in [2.24, 2.45) is 0 Å². The van der Waals surface area contributed by atoms with Crippen molar-refractivity contribution >= 4 is 36.3 Å². The van der Waals surface area contributed by atoms with E-state index in [4.69, 9.17) is 9.79 Å². The van der Waals surface area contributed by atoms with E-state index in [1.807, 2.05) is 0 Å². The minimum atomic E-state index is -4.51. The van der Waals surface area contributed by atoms with Crippen LogP contribution in [0.15, 0.2) is 42.6 Å². The Balaban J connectivity index is 0.000000587. The average Bonchev–Trinajstić information content (AvgIpc) is 3.52. The number of amides is 2. The second-order valence-electron chi connectivity index (χ2n) is 11.0. The predicted octanol–water partition coefficient (Wildman–Crippen LogP) is 5.61. The van der Waals surface area contributed by atoms with Crippen LogP contribution in [0.1, 0.15) is 70.7 Å². The number of nitrogens with one attached hydrogen (secondary N) is 2. The largest absolute Gasteiger partial charge is 0.435 e. The molecule has 1 aliphatic rings. The number of nitrogens with zero attached hydrogens (tertiary/aromatic N) is 3. The maximum Gasteiger partial charge on any atom is 0.435 e. The Bertz CT molecular complexity index is 1400. The number of hydrogen-bond acceptors (Lipinski definition) is 6. The minimum absolute atomic E-state index is 0.0588. The molecule has 4 N–H and O–H groups in total. The molecule has 0 saturated heterocycles. The second kappa shape index (κ2) is 13.6. The van der Waals surface area contributed by atoms with Gasteiger partial charge in [0, 0.05) is 5.39 Å². The molecule has 4 rings (SSSR count). The van der Waals surface area contributed by atoms with Gasteiger partial charge < -0.3 is 30.1 Å². The standard InChI is InChI=1S/C23H27N4O6P.C6H15N/c1-23(2,3)15-8-9-16-14(11-15)7-10-19(16)26-21(28)25-18-5-4-6-20-17(18)12-24-27(20)22(29)33-13-34(30,31)32;1-4-7(5-2)6-3/h4-6,8-9,11-12,19H,7,10,13H2,1-3H3,(H2,25,26,28)(H2,30,31,32);4-6H2,1-3H3/t19-;/m1./s1. The SMILES string of the molecule is CC(C)(C)c1ccc2c(c1)CC[C@H]2NC(=O)Nc1cccc2c1cnn2C(=O)OCP(=O)(O)O.CCN(CC)CC. The normalized spacial score (nSPS) is 14.8. The summed E-state index contributed by atoms with van der Waals surface area (Å²) in [6.45, 7) is 16.6. The summed E-state index contributed by atoms with van der Waals surface area (Å²) < 4.78 is 16.5. The second-order valence-corrected chi connectivity index (χ2v) is 12.6. The average molecular weight is 588 g/mol. The summed E-state index contributed by atoms with van der Waals surface area (Å²) in [7, 11) is -4.51. The monoisotopic (exact) mass is 587 g/mol. The van der Waals surface area contributed by atoms with Crippen molar-refractivity contribution in [1.82, 2.24) is 20.0 Å². The Morgan fingerprint density at radius 2 is 1.80 bits per heavy atom. The fourth-order valence-corrected chi connectivity index (χ4v) is 5.01. The number of aryl methyl sites for hydroxylation is 1. The molecule has 0 saturated carbocycles. The summed E-state index contributed by atoms with van der Waals surface area (Å²) in [6, 6.07) is 10.8. The fraction of sp³-hybridized carbons (Fsp3) is 0.483. The zero-order valence-electron chi connectivity index (χ0n) is 24.7.